The lowest BCUT2D eigenvalue weighted by Crippen LogP contribution is -2.47. The van der Waals surface area contributed by atoms with Crippen molar-refractivity contribution in [3.8, 4) is 0 Å². The van der Waals surface area contributed by atoms with Crippen molar-refractivity contribution >= 4 is 17.4 Å². The van der Waals surface area contributed by atoms with Gasteiger partial charge in [0.25, 0.3) is 0 Å². The fraction of sp³-hybridized carbons (Fsp3) is 0.688. The Morgan fingerprint density at radius 1 is 1.29 bits per heavy atom. The minimum absolute atomic E-state index is 0.149. The third kappa shape index (κ3) is 2.46. The summed E-state index contributed by atoms with van der Waals surface area (Å²) in [6.07, 6.45) is 4.81. The fourth-order valence-corrected chi connectivity index (χ4v) is 5.22. The molecule has 1 aromatic rings. The number of thiophene rings is 1. The molecule has 1 saturated heterocycles. The van der Waals surface area contributed by atoms with Crippen molar-refractivity contribution in [2.45, 2.75) is 37.6 Å². The number of hydrogen-bond acceptors (Lipinski definition) is 3. The molecular formula is C16H24N2O2S. The SMILES string of the molecule is CN(C)C1(c2cccs2)CCC2(CCN(C(=O)O)C2)CC1. The topological polar surface area (TPSA) is 43.8 Å². The van der Waals surface area contributed by atoms with E-state index in [1.54, 1.807) is 4.90 Å². The van der Waals surface area contributed by atoms with Gasteiger partial charge >= 0.3 is 6.09 Å². The van der Waals surface area contributed by atoms with Crippen molar-refractivity contribution in [2.75, 3.05) is 27.2 Å². The van der Waals surface area contributed by atoms with Gasteiger partial charge in [0.15, 0.2) is 0 Å². The predicted molar refractivity (Wildman–Crippen MR) is 84.8 cm³/mol. The molecule has 2 aliphatic rings. The van der Waals surface area contributed by atoms with Crippen molar-refractivity contribution in [1.82, 2.24) is 9.80 Å². The monoisotopic (exact) mass is 308 g/mol. The Bertz CT molecular complexity index is 504. The summed E-state index contributed by atoms with van der Waals surface area (Å²) in [5, 5.41) is 11.3. The number of rotatable bonds is 2. The second-order valence-electron chi connectivity index (χ2n) is 6.86. The molecule has 2 heterocycles. The van der Waals surface area contributed by atoms with E-state index in [0.717, 1.165) is 38.6 Å². The Labute approximate surface area is 130 Å². The fourth-order valence-electron chi connectivity index (χ4n) is 4.16. The molecular weight excluding hydrogens is 284 g/mol. The van der Waals surface area contributed by atoms with E-state index in [1.165, 1.54) is 4.88 Å². The van der Waals surface area contributed by atoms with E-state index < -0.39 is 6.09 Å². The van der Waals surface area contributed by atoms with Crippen molar-refractivity contribution in [3.05, 3.63) is 22.4 Å². The zero-order valence-corrected chi connectivity index (χ0v) is 13.7. The average molecular weight is 308 g/mol. The molecule has 116 valence electrons. The standard InChI is InChI=1S/C16H24N2O2S/c1-17(2)16(13-4-3-11-21-13)7-5-15(6-8-16)9-10-18(12-15)14(19)20/h3-4,11H,5-10,12H2,1-2H3,(H,19,20). The Morgan fingerprint density at radius 3 is 2.48 bits per heavy atom. The molecule has 0 bridgehead atoms. The molecule has 1 aliphatic heterocycles. The van der Waals surface area contributed by atoms with E-state index in [2.05, 4.69) is 36.5 Å². The van der Waals surface area contributed by atoms with Gasteiger partial charge in [0.05, 0.1) is 5.54 Å². The number of carbonyl (C=O) groups is 1. The molecule has 4 nitrogen and oxygen atoms in total. The van der Waals surface area contributed by atoms with E-state index in [-0.39, 0.29) is 11.0 Å². The largest absolute Gasteiger partial charge is 0.465 e. The Balaban J connectivity index is 1.76. The number of carboxylic acid groups (broad SMARTS) is 1. The van der Waals surface area contributed by atoms with Crippen molar-refractivity contribution in [3.63, 3.8) is 0 Å². The lowest BCUT2D eigenvalue weighted by molar-refractivity contribution is 0.0409. The maximum atomic E-state index is 11.2. The maximum absolute atomic E-state index is 11.2. The third-order valence-electron chi connectivity index (χ3n) is 5.68. The van der Waals surface area contributed by atoms with Gasteiger partial charge in [0.2, 0.25) is 0 Å². The van der Waals surface area contributed by atoms with Crippen LogP contribution in [0.25, 0.3) is 0 Å². The summed E-state index contributed by atoms with van der Waals surface area (Å²) < 4.78 is 0. The van der Waals surface area contributed by atoms with Crippen LogP contribution in [0.4, 0.5) is 4.79 Å². The van der Waals surface area contributed by atoms with Crippen LogP contribution < -0.4 is 0 Å². The van der Waals surface area contributed by atoms with Crippen LogP contribution in [-0.2, 0) is 5.54 Å². The first-order valence-corrected chi connectivity index (χ1v) is 8.55. The Hall–Kier alpha value is -1.07. The van der Waals surface area contributed by atoms with Gasteiger partial charge in [0, 0.05) is 18.0 Å². The van der Waals surface area contributed by atoms with Gasteiger partial charge in [-0.25, -0.2) is 4.79 Å². The summed E-state index contributed by atoms with van der Waals surface area (Å²) in [7, 11) is 4.35. The zero-order chi connectivity index (χ0) is 15.1. The van der Waals surface area contributed by atoms with Gasteiger partial charge in [-0.3, -0.25) is 4.90 Å². The van der Waals surface area contributed by atoms with Gasteiger partial charge in [0.1, 0.15) is 0 Å². The van der Waals surface area contributed by atoms with Crippen LogP contribution in [0.3, 0.4) is 0 Å². The second kappa shape index (κ2) is 5.29. The second-order valence-corrected chi connectivity index (χ2v) is 7.81. The summed E-state index contributed by atoms with van der Waals surface area (Å²) in [5.74, 6) is 0. The molecule has 0 atom stereocenters. The van der Waals surface area contributed by atoms with Crippen LogP contribution in [0.1, 0.15) is 37.0 Å². The van der Waals surface area contributed by atoms with E-state index >= 15 is 0 Å². The summed E-state index contributed by atoms with van der Waals surface area (Å²) in [6.45, 7) is 1.44. The molecule has 1 aromatic heterocycles. The average Bonchev–Trinajstić information content (AvgIpc) is 3.10. The molecule has 0 radical (unpaired) electrons. The highest BCUT2D eigenvalue weighted by Gasteiger charge is 2.48. The summed E-state index contributed by atoms with van der Waals surface area (Å²) in [5.41, 5.74) is 0.380. The molecule has 1 aliphatic carbocycles. The van der Waals surface area contributed by atoms with Crippen LogP contribution >= 0.6 is 11.3 Å². The summed E-state index contributed by atoms with van der Waals surface area (Å²) >= 11 is 1.85. The van der Waals surface area contributed by atoms with Crippen molar-refractivity contribution < 1.29 is 9.90 Å². The quantitative estimate of drug-likeness (QED) is 0.910. The van der Waals surface area contributed by atoms with Gasteiger partial charge in [-0.1, -0.05) is 6.07 Å². The predicted octanol–water partition coefficient (Wildman–Crippen LogP) is 3.45. The highest BCUT2D eigenvalue weighted by atomic mass is 32.1. The smallest absolute Gasteiger partial charge is 0.407 e. The molecule has 1 saturated carbocycles. The Kier molecular flexibility index (Phi) is 3.74. The van der Waals surface area contributed by atoms with Gasteiger partial charge in [-0.05, 0) is 63.1 Å². The molecule has 2 fully saturated rings. The third-order valence-corrected chi connectivity index (χ3v) is 6.75. The van der Waals surface area contributed by atoms with E-state index in [1.807, 2.05) is 11.3 Å². The minimum atomic E-state index is -0.755. The van der Waals surface area contributed by atoms with E-state index in [9.17, 15) is 9.90 Å². The highest BCUT2D eigenvalue weighted by molar-refractivity contribution is 7.10. The van der Waals surface area contributed by atoms with Crippen LogP contribution in [0, 0.1) is 5.41 Å². The van der Waals surface area contributed by atoms with Crippen molar-refractivity contribution in [2.24, 2.45) is 5.41 Å². The first-order chi connectivity index (χ1) is 9.97. The Morgan fingerprint density at radius 2 is 2.00 bits per heavy atom. The molecule has 5 heteroatoms. The summed E-state index contributed by atoms with van der Waals surface area (Å²) in [4.78, 5) is 16.6. The molecule has 1 spiro atoms. The molecule has 3 rings (SSSR count). The maximum Gasteiger partial charge on any atom is 0.407 e. The van der Waals surface area contributed by atoms with Crippen LogP contribution in [-0.4, -0.2) is 48.2 Å². The lowest BCUT2D eigenvalue weighted by atomic mass is 9.66. The van der Waals surface area contributed by atoms with Crippen LogP contribution in [0.15, 0.2) is 17.5 Å². The molecule has 21 heavy (non-hydrogen) atoms. The molecule has 0 aromatic carbocycles. The summed E-state index contributed by atoms with van der Waals surface area (Å²) in [6, 6.07) is 4.39. The van der Waals surface area contributed by atoms with E-state index in [0.29, 0.717) is 6.54 Å². The van der Waals surface area contributed by atoms with Crippen LogP contribution in [0.2, 0.25) is 0 Å². The lowest BCUT2D eigenvalue weighted by Gasteiger charge is -2.48. The number of likely N-dealkylation sites (tertiary alicyclic amines) is 1. The molecule has 1 amide bonds. The first kappa shape index (κ1) is 14.9. The highest BCUT2D eigenvalue weighted by Crippen LogP contribution is 2.52. The molecule has 1 N–H and O–H groups in total. The van der Waals surface area contributed by atoms with Gasteiger partial charge in [-0.2, -0.15) is 0 Å². The number of nitrogens with zero attached hydrogens (tertiary/aromatic N) is 2. The molecule has 0 unspecified atom stereocenters. The minimum Gasteiger partial charge on any atom is -0.465 e. The van der Waals surface area contributed by atoms with Gasteiger partial charge < -0.3 is 10.0 Å². The van der Waals surface area contributed by atoms with E-state index in [4.69, 9.17) is 0 Å². The number of amides is 1. The first-order valence-electron chi connectivity index (χ1n) is 7.67. The number of hydrogen-bond donors (Lipinski definition) is 1. The van der Waals surface area contributed by atoms with Crippen molar-refractivity contribution in [1.29, 1.82) is 0 Å². The van der Waals surface area contributed by atoms with Gasteiger partial charge in [-0.15, -0.1) is 11.3 Å². The van der Waals surface area contributed by atoms with Crippen LogP contribution in [0.5, 0.6) is 0 Å². The zero-order valence-electron chi connectivity index (χ0n) is 12.8. The normalized spacial score (nSPS) is 33.0.